The van der Waals surface area contributed by atoms with Gasteiger partial charge in [0.05, 0.1) is 0 Å². The molecule has 0 amide bonds. The van der Waals surface area contributed by atoms with Crippen molar-refractivity contribution in [3.8, 4) is 0 Å². The standard InChI is InChI=1S/C12H19BrN2/c1-9(2)12(7-14)15-8-10-4-3-5-11(13)6-10/h3-6,9,12,15H,7-8,14H2,1-2H3. The van der Waals surface area contributed by atoms with E-state index in [2.05, 4.69) is 47.2 Å². The highest BCUT2D eigenvalue weighted by Gasteiger charge is 2.09. The lowest BCUT2D eigenvalue weighted by Crippen LogP contribution is -2.39. The summed E-state index contributed by atoms with van der Waals surface area (Å²) in [6.07, 6.45) is 0. The first-order valence-electron chi connectivity index (χ1n) is 5.31. The molecule has 0 heterocycles. The van der Waals surface area contributed by atoms with Gasteiger partial charge in [-0.2, -0.15) is 0 Å². The van der Waals surface area contributed by atoms with E-state index in [9.17, 15) is 0 Å². The molecular weight excluding hydrogens is 252 g/mol. The third-order valence-corrected chi connectivity index (χ3v) is 3.01. The van der Waals surface area contributed by atoms with Crippen molar-refractivity contribution in [3.05, 3.63) is 34.3 Å². The van der Waals surface area contributed by atoms with Crippen molar-refractivity contribution >= 4 is 15.9 Å². The Bertz CT molecular complexity index is 299. The van der Waals surface area contributed by atoms with Crippen LogP contribution < -0.4 is 11.1 Å². The smallest absolute Gasteiger partial charge is 0.0216 e. The van der Waals surface area contributed by atoms with Crippen molar-refractivity contribution in [3.63, 3.8) is 0 Å². The van der Waals surface area contributed by atoms with Gasteiger partial charge in [0.15, 0.2) is 0 Å². The Morgan fingerprint density at radius 2 is 2.13 bits per heavy atom. The van der Waals surface area contributed by atoms with E-state index in [-0.39, 0.29) is 0 Å². The molecule has 0 spiro atoms. The summed E-state index contributed by atoms with van der Waals surface area (Å²) in [6.45, 7) is 5.93. The molecule has 0 saturated carbocycles. The second kappa shape index (κ2) is 6.26. The van der Waals surface area contributed by atoms with Gasteiger partial charge in [-0.3, -0.25) is 0 Å². The van der Waals surface area contributed by atoms with E-state index in [4.69, 9.17) is 5.73 Å². The van der Waals surface area contributed by atoms with E-state index in [0.717, 1.165) is 11.0 Å². The van der Waals surface area contributed by atoms with E-state index in [0.29, 0.717) is 18.5 Å². The Kier molecular flexibility index (Phi) is 5.29. The minimum absolute atomic E-state index is 0.393. The first kappa shape index (κ1) is 12.7. The fraction of sp³-hybridized carbons (Fsp3) is 0.500. The van der Waals surface area contributed by atoms with Crippen LogP contribution in [0.3, 0.4) is 0 Å². The number of hydrogen-bond acceptors (Lipinski definition) is 2. The van der Waals surface area contributed by atoms with Crippen LogP contribution in [0.15, 0.2) is 28.7 Å². The van der Waals surface area contributed by atoms with Gasteiger partial charge in [-0.05, 0) is 23.6 Å². The van der Waals surface area contributed by atoms with Gasteiger partial charge in [0.2, 0.25) is 0 Å². The molecule has 0 fully saturated rings. The first-order valence-corrected chi connectivity index (χ1v) is 6.10. The van der Waals surface area contributed by atoms with Crippen molar-refractivity contribution in [1.29, 1.82) is 0 Å². The van der Waals surface area contributed by atoms with Crippen LogP contribution in [0.25, 0.3) is 0 Å². The highest BCUT2D eigenvalue weighted by molar-refractivity contribution is 9.10. The van der Waals surface area contributed by atoms with Gasteiger partial charge in [-0.1, -0.05) is 41.9 Å². The average molecular weight is 271 g/mol. The molecule has 0 bridgehead atoms. The maximum absolute atomic E-state index is 5.70. The summed E-state index contributed by atoms with van der Waals surface area (Å²) in [5.74, 6) is 0.571. The van der Waals surface area contributed by atoms with Crippen LogP contribution in [0.1, 0.15) is 19.4 Å². The lowest BCUT2D eigenvalue weighted by atomic mass is 10.0. The molecule has 3 N–H and O–H groups in total. The Morgan fingerprint density at radius 1 is 1.40 bits per heavy atom. The molecule has 1 rings (SSSR count). The topological polar surface area (TPSA) is 38.0 Å². The maximum Gasteiger partial charge on any atom is 0.0216 e. The largest absolute Gasteiger partial charge is 0.329 e. The first-order chi connectivity index (χ1) is 7.13. The predicted octanol–water partition coefficient (Wildman–Crippen LogP) is 2.52. The zero-order valence-corrected chi connectivity index (χ0v) is 10.9. The molecule has 0 aliphatic carbocycles. The monoisotopic (exact) mass is 270 g/mol. The third kappa shape index (κ3) is 4.33. The average Bonchev–Trinajstić information content (AvgIpc) is 2.18. The molecule has 0 saturated heterocycles. The number of benzene rings is 1. The fourth-order valence-electron chi connectivity index (χ4n) is 1.49. The van der Waals surface area contributed by atoms with Crippen molar-refractivity contribution in [2.24, 2.45) is 11.7 Å². The summed E-state index contributed by atoms with van der Waals surface area (Å²) < 4.78 is 1.12. The van der Waals surface area contributed by atoms with E-state index < -0.39 is 0 Å². The lowest BCUT2D eigenvalue weighted by molar-refractivity contribution is 0.405. The molecule has 1 aromatic rings. The molecule has 84 valence electrons. The quantitative estimate of drug-likeness (QED) is 0.863. The molecule has 15 heavy (non-hydrogen) atoms. The fourth-order valence-corrected chi connectivity index (χ4v) is 1.93. The minimum atomic E-state index is 0.393. The molecule has 0 aromatic heterocycles. The van der Waals surface area contributed by atoms with Crippen molar-refractivity contribution in [1.82, 2.24) is 5.32 Å². The van der Waals surface area contributed by atoms with Gasteiger partial charge in [0, 0.05) is 23.6 Å². The zero-order chi connectivity index (χ0) is 11.3. The summed E-state index contributed by atoms with van der Waals surface area (Å²) in [6, 6.07) is 8.72. The highest BCUT2D eigenvalue weighted by atomic mass is 79.9. The molecular formula is C12H19BrN2. The van der Waals surface area contributed by atoms with Crippen molar-refractivity contribution in [2.45, 2.75) is 26.4 Å². The molecule has 1 atom stereocenters. The third-order valence-electron chi connectivity index (χ3n) is 2.52. The molecule has 3 heteroatoms. The van der Waals surface area contributed by atoms with E-state index in [1.807, 2.05) is 12.1 Å². The van der Waals surface area contributed by atoms with Gasteiger partial charge >= 0.3 is 0 Å². The number of halogens is 1. The maximum atomic E-state index is 5.70. The van der Waals surface area contributed by atoms with Crippen LogP contribution in [0.2, 0.25) is 0 Å². The van der Waals surface area contributed by atoms with Crippen LogP contribution >= 0.6 is 15.9 Å². The van der Waals surface area contributed by atoms with Crippen LogP contribution in [-0.4, -0.2) is 12.6 Å². The number of nitrogens with two attached hydrogens (primary N) is 1. The molecule has 1 unspecified atom stereocenters. The summed E-state index contributed by atoms with van der Waals surface area (Å²) in [7, 11) is 0. The van der Waals surface area contributed by atoms with Crippen molar-refractivity contribution in [2.75, 3.05) is 6.54 Å². The van der Waals surface area contributed by atoms with Crippen LogP contribution in [0, 0.1) is 5.92 Å². The van der Waals surface area contributed by atoms with Gasteiger partial charge in [0.25, 0.3) is 0 Å². The van der Waals surface area contributed by atoms with Crippen LogP contribution in [-0.2, 0) is 6.54 Å². The second-order valence-electron chi connectivity index (χ2n) is 4.10. The Balaban J connectivity index is 2.49. The molecule has 2 nitrogen and oxygen atoms in total. The molecule has 1 aromatic carbocycles. The van der Waals surface area contributed by atoms with Gasteiger partial charge in [-0.15, -0.1) is 0 Å². The normalized spacial score (nSPS) is 13.1. The highest BCUT2D eigenvalue weighted by Crippen LogP contribution is 2.12. The van der Waals surface area contributed by atoms with E-state index in [1.54, 1.807) is 0 Å². The molecule has 0 aliphatic heterocycles. The van der Waals surface area contributed by atoms with Crippen molar-refractivity contribution < 1.29 is 0 Å². The second-order valence-corrected chi connectivity index (χ2v) is 5.01. The molecule has 0 aliphatic rings. The summed E-state index contributed by atoms with van der Waals surface area (Å²) >= 11 is 3.46. The molecule has 0 radical (unpaired) electrons. The number of hydrogen-bond donors (Lipinski definition) is 2. The van der Waals surface area contributed by atoms with E-state index >= 15 is 0 Å². The van der Waals surface area contributed by atoms with Crippen LogP contribution in [0.4, 0.5) is 0 Å². The lowest BCUT2D eigenvalue weighted by Gasteiger charge is -2.20. The Morgan fingerprint density at radius 3 is 2.67 bits per heavy atom. The van der Waals surface area contributed by atoms with Gasteiger partial charge in [0.1, 0.15) is 0 Å². The summed E-state index contributed by atoms with van der Waals surface area (Å²) in [5.41, 5.74) is 6.98. The number of rotatable bonds is 5. The van der Waals surface area contributed by atoms with Gasteiger partial charge < -0.3 is 11.1 Å². The summed E-state index contributed by atoms with van der Waals surface area (Å²) in [5, 5.41) is 3.47. The Labute approximate surface area is 100 Å². The number of nitrogens with one attached hydrogen (secondary N) is 1. The summed E-state index contributed by atoms with van der Waals surface area (Å²) in [4.78, 5) is 0. The Hall–Kier alpha value is -0.380. The van der Waals surface area contributed by atoms with E-state index in [1.165, 1.54) is 5.56 Å². The predicted molar refractivity (Wildman–Crippen MR) is 68.7 cm³/mol. The van der Waals surface area contributed by atoms with Crippen LogP contribution in [0.5, 0.6) is 0 Å². The zero-order valence-electron chi connectivity index (χ0n) is 9.33. The SMILES string of the molecule is CC(C)C(CN)NCc1cccc(Br)c1. The minimum Gasteiger partial charge on any atom is -0.329 e. The van der Waals surface area contributed by atoms with Gasteiger partial charge in [-0.25, -0.2) is 0 Å².